The van der Waals surface area contributed by atoms with Crippen molar-refractivity contribution < 1.29 is 23.5 Å². The highest BCUT2D eigenvalue weighted by Crippen LogP contribution is 2.26. The van der Waals surface area contributed by atoms with E-state index < -0.39 is 17.6 Å². The Morgan fingerprint density at radius 3 is 2.26 bits per heavy atom. The van der Waals surface area contributed by atoms with Crippen LogP contribution in [0.15, 0.2) is 91.3 Å². The van der Waals surface area contributed by atoms with Crippen molar-refractivity contribution in [2.45, 2.75) is 32.3 Å². The molecule has 0 spiro atoms. The van der Waals surface area contributed by atoms with E-state index in [0.29, 0.717) is 28.6 Å². The number of anilines is 1. The van der Waals surface area contributed by atoms with Crippen molar-refractivity contribution in [3.8, 4) is 22.8 Å². The highest BCUT2D eigenvalue weighted by atomic mass is 19.1. The third-order valence-electron chi connectivity index (χ3n) is 5.45. The van der Waals surface area contributed by atoms with Crippen LogP contribution in [0.2, 0.25) is 0 Å². The maximum atomic E-state index is 13.3. The number of nitrogens with zero attached hydrogens (tertiary/aromatic N) is 2. The Morgan fingerprint density at radius 2 is 1.62 bits per heavy atom. The first-order chi connectivity index (χ1) is 18.7. The lowest BCUT2D eigenvalue weighted by atomic mass is 10.00. The summed E-state index contributed by atoms with van der Waals surface area (Å²) in [6.07, 6.45) is 2.58. The Hall–Kier alpha value is -4.79. The van der Waals surface area contributed by atoms with Crippen molar-refractivity contribution in [1.82, 2.24) is 15.3 Å². The van der Waals surface area contributed by atoms with Crippen LogP contribution in [0.4, 0.5) is 15.0 Å². The molecule has 0 aliphatic heterocycles. The minimum Gasteiger partial charge on any atom is -0.457 e. The molecule has 200 valence electrons. The highest BCUT2D eigenvalue weighted by molar-refractivity contribution is 5.95. The number of pyridine rings is 2. The first-order valence-corrected chi connectivity index (χ1v) is 12.3. The molecule has 2 aromatic carbocycles. The summed E-state index contributed by atoms with van der Waals surface area (Å²) in [6.45, 7) is 5.32. The predicted molar refractivity (Wildman–Crippen MR) is 146 cm³/mol. The Kier molecular flexibility index (Phi) is 8.50. The number of hydrogen-bond acceptors (Lipinski definition) is 6. The Labute approximate surface area is 226 Å². The van der Waals surface area contributed by atoms with E-state index in [4.69, 9.17) is 9.47 Å². The van der Waals surface area contributed by atoms with Crippen molar-refractivity contribution in [2.24, 2.45) is 0 Å². The standard InChI is InChI=1S/C30H29FN4O4/c1-30(2,3)39-29(37)33-19-25(21-6-5-17-32-18-21)28(36)35-27-8-4-7-26(34-27)20-9-13-23(14-10-20)38-24-15-11-22(31)12-16-24/h4-18,25H,19H2,1-3H3,(H,33,37)(H,34,35,36)/t25-/m0/s1. The van der Waals surface area contributed by atoms with Gasteiger partial charge >= 0.3 is 6.09 Å². The van der Waals surface area contributed by atoms with Gasteiger partial charge in [0.15, 0.2) is 0 Å². The number of rotatable bonds is 8. The molecule has 39 heavy (non-hydrogen) atoms. The molecule has 0 radical (unpaired) electrons. The number of nitrogens with one attached hydrogen (secondary N) is 2. The number of hydrogen-bond donors (Lipinski definition) is 2. The van der Waals surface area contributed by atoms with E-state index in [1.165, 1.54) is 12.1 Å². The molecule has 2 aromatic heterocycles. The Balaban J connectivity index is 1.45. The second kappa shape index (κ2) is 12.2. The lowest BCUT2D eigenvalue weighted by molar-refractivity contribution is -0.117. The van der Waals surface area contributed by atoms with Crippen molar-refractivity contribution in [3.05, 3.63) is 103 Å². The van der Waals surface area contributed by atoms with Gasteiger partial charge in [-0.1, -0.05) is 12.1 Å². The maximum absolute atomic E-state index is 13.3. The first-order valence-electron chi connectivity index (χ1n) is 12.3. The maximum Gasteiger partial charge on any atom is 0.407 e. The van der Waals surface area contributed by atoms with Gasteiger partial charge in [0.1, 0.15) is 28.7 Å². The average molecular weight is 529 g/mol. The van der Waals surface area contributed by atoms with Gasteiger partial charge in [0.2, 0.25) is 5.91 Å². The lowest BCUT2D eigenvalue weighted by Gasteiger charge is -2.22. The molecule has 2 N–H and O–H groups in total. The minimum atomic E-state index is -0.723. The topological polar surface area (TPSA) is 102 Å². The van der Waals surface area contributed by atoms with Gasteiger partial charge in [-0.25, -0.2) is 14.2 Å². The summed E-state index contributed by atoms with van der Waals surface area (Å²) in [5.74, 6) is 0.0614. The SMILES string of the molecule is CC(C)(C)OC(=O)NC[C@H](C(=O)Nc1cccc(-c2ccc(Oc3ccc(F)cc3)cc2)n1)c1cccnc1. The van der Waals surface area contributed by atoms with E-state index in [2.05, 4.69) is 20.6 Å². The molecule has 8 nitrogen and oxygen atoms in total. The average Bonchev–Trinajstić information content (AvgIpc) is 2.90. The number of aromatic nitrogens is 2. The minimum absolute atomic E-state index is 0.0155. The van der Waals surface area contributed by atoms with Crippen LogP contribution >= 0.6 is 0 Å². The van der Waals surface area contributed by atoms with Crippen LogP contribution in [0.3, 0.4) is 0 Å². The van der Waals surface area contributed by atoms with Crippen LogP contribution in [-0.2, 0) is 9.53 Å². The molecule has 0 saturated heterocycles. The Morgan fingerprint density at radius 1 is 0.923 bits per heavy atom. The van der Waals surface area contributed by atoms with E-state index in [-0.39, 0.29) is 18.3 Å². The van der Waals surface area contributed by atoms with Gasteiger partial charge in [-0.05, 0) is 93.1 Å². The summed E-state index contributed by atoms with van der Waals surface area (Å²) in [5, 5.41) is 5.51. The van der Waals surface area contributed by atoms with Crippen molar-refractivity contribution in [2.75, 3.05) is 11.9 Å². The summed E-state index contributed by atoms with van der Waals surface area (Å²) in [5.41, 5.74) is 1.43. The van der Waals surface area contributed by atoms with Gasteiger partial charge in [-0.2, -0.15) is 0 Å². The fraction of sp³-hybridized carbons (Fsp3) is 0.200. The third-order valence-corrected chi connectivity index (χ3v) is 5.45. The highest BCUT2D eigenvalue weighted by Gasteiger charge is 2.24. The van der Waals surface area contributed by atoms with Crippen LogP contribution in [-0.4, -0.2) is 34.1 Å². The van der Waals surface area contributed by atoms with Crippen LogP contribution in [0.1, 0.15) is 32.3 Å². The van der Waals surface area contributed by atoms with Crippen molar-refractivity contribution in [1.29, 1.82) is 0 Å². The van der Waals surface area contributed by atoms with Crippen molar-refractivity contribution >= 4 is 17.8 Å². The summed E-state index contributed by atoms with van der Waals surface area (Å²) in [6, 6.07) is 21.8. The van der Waals surface area contributed by atoms with Gasteiger partial charge < -0.3 is 20.1 Å². The molecule has 4 aromatic rings. The molecule has 4 rings (SSSR count). The normalized spacial score (nSPS) is 11.8. The number of ether oxygens (including phenoxy) is 2. The van der Waals surface area contributed by atoms with Gasteiger partial charge in [0.05, 0.1) is 11.6 Å². The molecule has 0 aliphatic carbocycles. The number of carbonyl (C=O) groups excluding carboxylic acids is 2. The molecule has 2 amide bonds. The van der Waals surface area contributed by atoms with Crippen LogP contribution in [0, 0.1) is 5.82 Å². The summed E-state index contributed by atoms with van der Waals surface area (Å²) in [7, 11) is 0. The summed E-state index contributed by atoms with van der Waals surface area (Å²) >= 11 is 0. The fourth-order valence-corrected chi connectivity index (χ4v) is 3.65. The van der Waals surface area contributed by atoms with Gasteiger partial charge in [0, 0.05) is 24.5 Å². The second-order valence-electron chi connectivity index (χ2n) is 9.70. The smallest absolute Gasteiger partial charge is 0.407 e. The van der Waals surface area contributed by atoms with Gasteiger partial charge in [0.25, 0.3) is 0 Å². The van der Waals surface area contributed by atoms with Crippen LogP contribution in [0.5, 0.6) is 11.5 Å². The van der Waals surface area contributed by atoms with E-state index in [1.807, 2.05) is 18.2 Å². The Bertz CT molecular complexity index is 1410. The molecule has 9 heteroatoms. The van der Waals surface area contributed by atoms with Crippen LogP contribution in [0.25, 0.3) is 11.3 Å². The summed E-state index contributed by atoms with van der Waals surface area (Å²) in [4.78, 5) is 34.2. The van der Waals surface area contributed by atoms with Crippen molar-refractivity contribution in [3.63, 3.8) is 0 Å². The molecule has 0 fully saturated rings. The molecule has 0 bridgehead atoms. The number of benzene rings is 2. The molecule has 0 aliphatic rings. The number of amides is 2. The number of halogens is 1. The van der Waals surface area contributed by atoms with E-state index in [0.717, 1.165) is 5.56 Å². The monoisotopic (exact) mass is 528 g/mol. The third kappa shape index (κ3) is 8.10. The second-order valence-corrected chi connectivity index (χ2v) is 9.70. The summed E-state index contributed by atoms with van der Waals surface area (Å²) < 4.78 is 24.2. The van der Waals surface area contributed by atoms with E-state index in [9.17, 15) is 14.0 Å². The molecule has 2 heterocycles. The van der Waals surface area contributed by atoms with E-state index in [1.54, 1.807) is 81.7 Å². The molecule has 0 saturated carbocycles. The van der Waals surface area contributed by atoms with Gasteiger partial charge in [-0.3, -0.25) is 9.78 Å². The zero-order chi connectivity index (χ0) is 27.8. The largest absolute Gasteiger partial charge is 0.457 e. The zero-order valence-corrected chi connectivity index (χ0v) is 21.9. The lowest BCUT2D eigenvalue weighted by Crippen LogP contribution is -2.37. The number of carbonyl (C=O) groups is 2. The van der Waals surface area contributed by atoms with E-state index >= 15 is 0 Å². The zero-order valence-electron chi connectivity index (χ0n) is 21.9. The molecule has 0 unspecified atom stereocenters. The fourth-order valence-electron chi connectivity index (χ4n) is 3.65. The molecular weight excluding hydrogens is 499 g/mol. The first kappa shape index (κ1) is 27.3. The van der Waals surface area contributed by atoms with Gasteiger partial charge in [-0.15, -0.1) is 0 Å². The molecule has 1 atom stereocenters. The quantitative estimate of drug-likeness (QED) is 0.277. The predicted octanol–water partition coefficient (Wildman–Crippen LogP) is 6.32. The molecular formula is C30H29FN4O4. The van der Waals surface area contributed by atoms with Crippen LogP contribution < -0.4 is 15.4 Å². The number of alkyl carbamates (subject to hydrolysis) is 1.